The maximum Gasteiger partial charge on any atom is 0.320 e. The van der Waals surface area contributed by atoms with Crippen LogP contribution in [0.2, 0.25) is 0 Å². The minimum absolute atomic E-state index is 0.288. The largest absolute Gasteiger partial charge is 0.480 e. The summed E-state index contributed by atoms with van der Waals surface area (Å²) in [7, 11) is 0. The molecule has 9 heteroatoms. The first-order valence-electron chi connectivity index (χ1n) is 5.87. The molecule has 1 aromatic rings. The van der Waals surface area contributed by atoms with Gasteiger partial charge in [-0.1, -0.05) is 0 Å². The number of halogens is 4. The highest BCUT2D eigenvalue weighted by Gasteiger charge is 2.16. The number of hydrogen-bond donors (Lipinski definition) is 3. The van der Waals surface area contributed by atoms with Crippen molar-refractivity contribution in [2.75, 3.05) is 0 Å². The molecule has 0 aliphatic carbocycles. The number of ether oxygens (including phenoxy) is 1. The van der Waals surface area contributed by atoms with Gasteiger partial charge < -0.3 is 20.7 Å². The minimum atomic E-state index is -1.00. The summed E-state index contributed by atoms with van der Waals surface area (Å²) < 4.78 is 12.4. The van der Waals surface area contributed by atoms with E-state index in [0.717, 1.165) is 24.2 Å². The van der Waals surface area contributed by atoms with Crippen LogP contribution in [0.4, 0.5) is 0 Å². The van der Waals surface area contributed by atoms with Crippen LogP contribution in [-0.2, 0) is 11.2 Å². The highest BCUT2D eigenvalue weighted by molar-refractivity contribution is 14.3. The van der Waals surface area contributed by atoms with E-state index < -0.39 is 53.5 Å². The molecule has 1 unspecified atom stereocenters. The first-order valence-corrected chi connectivity index (χ1v) is 12.7. The standard InChI is InChI=1S/C13H11I4NO4/c14-8-1-6(3-10(18)12(19)20)2-9(15)11(8)22-7-4-16-13(21)17-5-7/h1-2,4-5,10,21H,3,18H2,(H,19,20). The molecule has 0 spiro atoms. The number of aliphatic hydroxyl groups is 1. The third-order valence-corrected chi connectivity index (χ3v) is 10.2. The van der Waals surface area contributed by atoms with Gasteiger partial charge in [-0.3, -0.25) is 4.79 Å². The third-order valence-electron chi connectivity index (χ3n) is 2.56. The van der Waals surface area contributed by atoms with Crippen molar-refractivity contribution in [2.45, 2.75) is 12.5 Å². The van der Waals surface area contributed by atoms with Gasteiger partial charge in [0.1, 0.15) is 13.5 Å². The second-order valence-corrected chi connectivity index (χ2v) is 13.1. The summed E-state index contributed by atoms with van der Waals surface area (Å²) in [4.78, 5) is 10.8. The van der Waals surface area contributed by atoms with Gasteiger partial charge in [0.2, 0.25) is 0 Å². The Kier molecular flexibility index (Phi) is 7.63. The van der Waals surface area contributed by atoms with Crippen LogP contribution in [0, 0.1) is 7.14 Å². The Labute approximate surface area is 174 Å². The van der Waals surface area contributed by atoms with Gasteiger partial charge in [0, 0.05) is 8.09 Å². The zero-order valence-electron chi connectivity index (χ0n) is 10.9. The fourth-order valence-corrected chi connectivity index (χ4v) is 8.75. The van der Waals surface area contributed by atoms with E-state index in [2.05, 4.69) is 45.2 Å². The van der Waals surface area contributed by atoms with Crippen LogP contribution in [0.3, 0.4) is 0 Å². The average molecular weight is 753 g/mol. The number of rotatable bonds is 5. The number of carboxylic acids is 1. The summed E-state index contributed by atoms with van der Waals surface area (Å²) >= 11 is 3.53. The van der Waals surface area contributed by atoms with Crippen molar-refractivity contribution >= 4 is 98.3 Å². The molecule has 22 heavy (non-hydrogen) atoms. The zero-order valence-corrected chi connectivity index (χ0v) is 19.5. The Morgan fingerprint density at radius 1 is 1.36 bits per heavy atom. The molecule has 4 N–H and O–H groups in total. The number of hydrogen-bond acceptors (Lipinski definition) is 4. The average Bonchev–Trinajstić information content (AvgIpc) is 2.44. The minimum Gasteiger partial charge on any atom is -0.480 e. The van der Waals surface area contributed by atoms with E-state index >= 15 is 0 Å². The first kappa shape index (κ1) is 19.1. The van der Waals surface area contributed by atoms with Crippen molar-refractivity contribution in [3.63, 3.8) is 0 Å². The van der Waals surface area contributed by atoms with Crippen LogP contribution in [0.1, 0.15) is 5.56 Å². The molecular formula is C13H11I4NO4. The van der Waals surface area contributed by atoms with Crippen molar-refractivity contribution in [2.24, 2.45) is 5.73 Å². The number of benzene rings is 1. The van der Waals surface area contributed by atoms with Crippen molar-refractivity contribution in [3.8, 4) is 5.75 Å². The third kappa shape index (κ3) is 5.42. The van der Waals surface area contributed by atoms with Gasteiger partial charge in [-0.2, -0.15) is 0 Å². The Morgan fingerprint density at radius 3 is 2.50 bits per heavy atom. The van der Waals surface area contributed by atoms with E-state index in [9.17, 15) is 9.90 Å². The second-order valence-electron chi connectivity index (χ2n) is 4.22. The Hall–Kier alpha value is 0.810. The van der Waals surface area contributed by atoms with Crippen LogP contribution < -0.4 is 10.5 Å². The molecule has 0 bridgehead atoms. The van der Waals surface area contributed by atoms with Crippen LogP contribution in [0.25, 0.3) is 0 Å². The maximum atomic E-state index is 10.8. The number of allylic oxidation sites excluding steroid dienone is 1. The predicted octanol–water partition coefficient (Wildman–Crippen LogP) is 3.29. The van der Waals surface area contributed by atoms with Crippen LogP contribution in [0.15, 0.2) is 22.0 Å². The fourth-order valence-electron chi connectivity index (χ4n) is 1.58. The van der Waals surface area contributed by atoms with Gasteiger partial charge in [0.25, 0.3) is 0 Å². The predicted molar refractivity (Wildman–Crippen MR) is 121 cm³/mol. The highest BCUT2D eigenvalue weighted by atomic mass is 127. The van der Waals surface area contributed by atoms with Crippen LogP contribution >= 0.6 is 86.6 Å². The molecule has 2 rings (SSSR count). The van der Waals surface area contributed by atoms with Crippen LogP contribution in [0.5, 0.6) is 5.75 Å². The number of carboxylic acid groups (broad SMARTS) is 1. The van der Waals surface area contributed by atoms with Gasteiger partial charge in [-0.05, 0) is 111 Å². The number of aliphatic carboxylic acids is 1. The molecule has 1 aliphatic rings. The second kappa shape index (κ2) is 8.77. The summed E-state index contributed by atoms with van der Waals surface area (Å²) in [6, 6.07) is 2.90. The van der Waals surface area contributed by atoms with E-state index in [-0.39, 0.29) is 6.42 Å². The van der Waals surface area contributed by atoms with Gasteiger partial charge >= 0.3 is 5.97 Å². The van der Waals surface area contributed by atoms with Gasteiger partial charge in [0.15, 0.2) is 5.75 Å². The van der Waals surface area contributed by atoms with E-state index in [0.29, 0.717) is 1.70 Å². The van der Waals surface area contributed by atoms with Gasteiger partial charge in [0.05, 0.1) is 7.14 Å². The van der Waals surface area contributed by atoms with E-state index in [1.54, 1.807) is 0 Å². The summed E-state index contributed by atoms with van der Waals surface area (Å²) in [6.07, 6.45) is 0.288. The summed E-state index contributed by atoms with van der Waals surface area (Å²) in [5, 5.41) is 18.4. The van der Waals surface area contributed by atoms with Crippen molar-refractivity contribution < 1.29 is 19.7 Å². The lowest BCUT2D eigenvalue weighted by molar-refractivity contribution is -0.138. The molecular weight excluding hydrogens is 742 g/mol. The number of carbonyl (C=O) groups is 1. The lowest BCUT2D eigenvalue weighted by Crippen LogP contribution is -2.32. The summed E-state index contributed by atoms with van der Waals surface area (Å²) in [5.41, 5.74) is 6.46. The zero-order chi connectivity index (χ0) is 16.3. The van der Waals surface area contributed by atoms with Crippen molar-refractivity contribution in [1.82, 2.24) is 0 Å². The van der Waals surface area contributed by atoms with Gasteiger partial charge in [-0.25, -0.2) is 0 Å². The molecule has 0 amide bonds. The first-order chi connectivity index (χ1) is 10.4. The molecule has 0 saturated carbocycles. The normalized spacial score (nSPS) is 15.8. The maximum absolute atomic E-state index is 10.8. The molecule has 1 heterocycles. The molecule has 0 saturated heterocycles. The molecule has 1 aromatic carbocycles. The van der Waals surface area contributed by atoms with Crippen molar-refractivity contribution in [3.05, 3.63) is 34.7 Å². The quantitative estimate of drug-likeness (QED) is 0.402. The fraction of sp³-hybridized carbons (Fsp3) is 0.154. The molecule has 5 nitrogen and oxygen atoms in total. The van der Waals surface area contributed by atoms with E-state index in [1.165, 1.54) is 0 Å². The molecule has 1 aliphatic heterocycles. The SMILES string of the molecule is NC(Cc1cc(I)c(OC2=CI=C(O)I=C2)c(I)c1)C(=O)O. The smallest absolute Gasteiger partial charge is 0.320 e. The monoisotopic (exact) mass is 753 g/mol. The molecule has 120 valence electrons. The number of nitrogens with two attached hydrogens (primary N) is 1. The van der Waals surface area contributed by atoms with Crippen molar-refractivity contribution in [1.29, 1.82) is 0 Å². The lowest BCUT2D eigenvalue weighted by Gasteiger charge is -2.14. The summed E-state index contributed by atoms with van der Waals surface area (Å²) in [5.74, 6) is 0.589. The molecule has 0 radical (unpaired) electrons. The highest BCUT2D eigenvalue weighted by Crippen LogP contribution is 2.32. The van der Waals surface area contributed by atoms with Crippen LogP contribution in [-0.4, -0.2) is 27.9 Å². The van der Waals surface area contributed by atoms with Gasteiger partial charge in [-0.15, -0.1) is 0 Å². The molecule has 1 atom stereocenters. The van der Waals surface area contributed by atoms with E-state index in [1.807, 2.05) is 20.2 Å². The molecule has 0 aromatic heterocycles. The summed E-state index contributed by atoms with van der Waals surface area (Å²) in [6.45, 7) is 0. The lowest BCUT2D eigenvalue weighted by atomic mass is 10.1. The molecule has 0 fully saturated rings. The topological polar surface area (TPSA) is 92.8 Å². The number of aliphatic hydroxyl groups excluding tert-OH is 1. The van der Waals surface area contributed by atoms with E-state index in [4.69, 9.17) is 15.6 Å². The Balaban J connectivity index is 2.21. The Bertz CT molecular complexity index is 676. The Morgan fingerprint density at radius 2 is 2.00 bits per heavy atom.